The summed E-state index contributed by atoms with van der Waals surface area (Å²) in [5, 5.41) is 4.12. The molecule has 0 aliphatic heterocycles. The number of rotatable bonds is 6. The van der Waals surface area contributed by atoms with Crippen LogP contribution in [0.25, 0.3) is 0 Å². The van der Waals surface area contributed by atoms with Crippen molar-refractivity contribution in [3.63, 3.8) is 0 Å². The molecule has 0 saturated heterocycles. The van der Waals surface area contributed by atoms with E-state index in [4.69, 9.17) is 16.3 Å². The number of ether oxygens (including phenoxy) is 1. The van der Waals surface area contributed by atoms with E-state index in [1.54, 1.807) is 24.3 Å². The van der Waals surface area contributed by atoms with E-state index in [-0.39, 0.29) is 12.4 Å². The van der Waals surface area contributed by atoms with E-state index in [0.717, 1.165) is 12.1 Å². The second kappa shape index (κ2) is 7.80. The van der Waals surface area contributed by atoms with Crippen LogP contribution >= 0.6 is 11.6 Å². The van der Waals surface area contributed by atoms with E-state index in [2.05, 4.69) is 5.32 Å². The maximum atomic E-state index is 13.7. The van der Waals surface area contributed by atoms with E-state index >= 15 is 0 Å². The minimum absolute atomic E-state index is 0.173. The van der Waals surface area contributed by atoms with Crippen molar-refractivity contribution < 1.29 is 9.13 Å². The average molecular weight is 334 g/mol. The highest BCUT2D eigenvalue weighted by molar-refractivity contribution is 6.32. The first-order valence-electron chi connectivity index (χ1n) is 8.11. The van der Waals surface area contributed by atoms with Crippen molar-refractivity contribution in [3.05, 3.63) is 64.4 Å². The summed E-state index contributed by atoms with van der Waals surface area (Å²) in [6.45, 7) is 0.894. The largest absolute Gasteiger partial charge is 0.487 e. The van der Waals surface area contributed by atoms with Crippen molar-refractivity contribution in [1.82, 2.24) is 5.32 Å². The first-order chi connectivity index (χ1) is 11.2. The third kappa shape index (κ3) is 4.24. The van der Waals surface area contributed by atoms with Crippen LogP contribution in [-0.4, -0.2) is 6.04 Å². The zero-order valence-corrected chi connectivity index (χ0v) is 13.8. The van der Waals surface area contributed by atoms with Gasteiger partial charge in [-0.1, -0.05) is 54.8 Å². The number of benzene rings is 2. The molecule has 3 rings (SSSR count). The van der Waals surface area contributed by atoms with Crippen molar-refractivity contribution >= 4 is 11.6 Å². The third-order valence-electron chi connectivity index (χ3n) is 4.31. The van der Waals surface area contributed by atoms with E-state index in [9.17, 15) is 4.39 Å². The van der Waals surface area contributed by atoms with Gasteiger partial charge in [-0.3, -0.25) is 0 Å². The Balaban J connectivity index is 1.68. The Labute approximate surface area is 141 Å². The summed E-state index contributed by atoms with van der Waals surface area (Å²) in [6, 6.07) is 12.9. The Morgan fingerprint density at radius 2 is 1.78 bits per heavy atom. The molecule has 1 aliphatic rings. The van der Waals surface area contributed by atoms with Crippen LogP contribution in [0.1, 0.15) is 36.8 Å². The molecule has 0 atom stereocenters. The molecule has 1 aliphatic carbocycles. The lowest BCUT2D eigenvalue weighted by Gasteiger charge is -2.16. The summed E-state index contributed by atoms with van der Waals surface area (Å²) < 4.78 is 19.6. The lowest BCUT2D eigenvalue weighted by Crippen LogP contribution is -2.25. The minimum atomic E-state index is -0.259. The molecule has 1 fully saturated rings. The van der Waals surface area contributed by atoms with Gasteiger partial charge in [0.1, 0.15) is 18.2 Å². The molecule has 4 heteroatoms. The molecule has 0 unspecified atom stereocenters. The average Bonchev–Trinajstić information content (AvgIpc) is 3.07. The van der Waals surface area contributed by atoms with Crippen molar-refractivity contribution in [3.8, 4) is 5.75 Å². The molecular weight excluding hydrogens is 313 g/mol. The Bertz CT molecular complexity index is 656. The molecule has 23 heavy (non-hydrogen) atoms. The maximum Gasteiger partial charge on any atom is 0.142 e. The molecule has 2 nitrogen and oxygen atoms in total. The van der Waals surface area contributed by atoms with Crippen molar-refractivity contribution in [2.24, 2.45) is 0 Å². The second-order valence-electron chi connectivity index (χ2n) is 5.97. The van der Waals surface area contributed by atoms with Crippen LogP contribution in [0.4, 0.5) is 4.39 Å². The van der Waals surface area contributed by atoms with E-state index < -0.39 is 0 Å². The van der Waals surface area contributed by atoms with Gasteiger partial charge >= 0.3 is 0 Å². The highest BCUT2D eigenvalue weighted by Gasteiger charge is 2.16. The Kier molecular flexibility index (Phi) is 5.52. The molecule has 0 heterocycles. The van der Waals surface area contributed by atoms with Crippen molar-refractivity contribution in [1.29, 1.82) is 0 Å². The zero-order chi connectivity index (χ0) is 16.1. The Morgan fingerprint density at radius 3 is 2.57 bits per heavy atom. The minimum Gasteiger partial charge on any atom is -0.487 e. The summed E-state index contributed by atoms with van der Waals surface area (Å²) >= 11 is 6.28. The van der Waals surface area contributed by atoms with Crippen LogP contribution in [0.2, 0.25) is 5.02 Å². The van der Waals surface area contributed by atoms with Gasteiger partial charge in [-0.05, 0) is 25.0 Å². The van der Waals surface area contributed by atoms with E-state index in [1.807, 2.05) is 12.1 Å². The van der Waals surface area contributed by atoms with E-state index in [0.29, 0.717) is 22.4 Å². The van der Waals surface area contributed by atoms with Crippen molar-refractivity contribution in [2.75, 3.05) is 0 Å². The lowest BCUT2D eigenvalue weighted by atomic mass is 10.1. The quantitative estimate of drug-likeness (QED) is 0.795. The van der Waals surface area contributed by atoms with Crippen molar-refractivity contribution in [2.45, 2.75) is 44.9 Å². The summed E-state index contributed by atoms with van der Waals surface area (Å²) in [5.74, 6) is 0.383. The summed E-state index contributed by atoms with van der Waals surface area (Å²) in [7, 11) is 0. The van der Waals surface area contributed by atoms with Crippen LogP contribution in [0.15, 0.2) is 42.5 Å². The smallest absolute Gasteiger partial charge is 0.142 e. The predicted molar refractivity (Wildman–Crippen MR) is 91.3 cm³/mol. The van der Waals surface area contributed by atoms with Crippen LogP contribution < -0.4 is 10.1 Å². The Hall–Kier alpha value is -1.58. The van der Waals surface area contributed by atoms with Gasteiger partial charge in [0.05, 0.1) is 5.02 Å². The molecule has 0 bridgehead atoms. The molecule has 0 aromatic heterocycles. The summed E-state index contributed by atoms with van der Waals surface area (Å²) in [6.07, 6.45) is 5.05. The highest BCUT2D eigenvalue weighted by atomic mass is 35.5. The molecule has 1 N–H and O–H groups in total. The normalized spacial score (nSPS) is 15.0. The van der Waals surface area contributed by atoms with Crippen LogP contribution in [0, 0.1) is 5.82 Å². The summed E-state index contributed by atoms with van der Waals surface area (Å²) in [5.41, 5.74) is 1.54. The standard InChI is InChI=1S/C19H21ClFNO/c20-17-10-5-7-14(12-22-16-8-2-3-9-16)19(17)23-13-15-6-1-4-11-18(15)21/h1,4-7,10-11,16,22H,2-3,8-9,12-13H2. The van der Waals surface area contributed by atoms with Gasteiger partial charge in [-0.15, -0.1) is 0 Å². The van der Waals surface area contributed by atoms with Gasteiger partial charge in [-0.25, -0.2) is 4.39 Å². The van der Waals surface area contributed by atoms with Crippen LogP contribution in [-0.2, 0) is 13.2 Å². The topological polar surface area (TPSA) is 21.3 Å². The predicted octanol–water partition coefficient (Wildman–Crippen LogP) is 5.09. The van der Waals surface area contributed by atoms with Gasteiger partial charge in [0, 0.05) is 23.7 Å². The first-order valence-corrected chi connectivity index (χ1v) is 8.49. The molecular formula is C19H21ClFNO. The number of halogens is 2. The maximum absolute atomic E-state index is 13.7. The Morgan fingerprint density at radius 1 is 1.04 bits per heavy atom. The lowest BCUT2D eigenvalue weighted by molar-refractivity contribution is 0.295. The van der Waals surface area contributed by atoms with Gasteiger partial charge in [0.25, 0.3) is 0 Å². The van der Waals surface area contributed by atoms with Gasteiger partial charge < -0.3 is 10.1 Å². The molecule has 0 radical (unpaired) electrons. The van der Waals surface area contributed by atoms with Crippen LogP contribution in [0.3, 0.4) is 0 Å². The molecule has 0 amide bonds. The molecule has 0 spiro atoms. The number of para-hydroxylation sites is 1. The molecule has 1 saturated carbocycles. The number of hydrogen-bond donors (Lipinski definition) is 1. The fraction of sp³-hybridized carbons (Fsp3) is 0.368. The zero-order valence-electron chi connectivity index (χ0n) is 13.0. The molecule has 122 valence electrons. The SMILES string of the molecule is Fc1ccccc1COc1c(Cl)cccc1CNC1CCCC1. The second-order valence-corrected chi connectivity index (χ2v) is 6.38. The monoisotopic (exact) mass is 333 g/mol. The molecule has 2 aromatic carbocycles. The third-order valence-corrected chi connectivity index (χ3v) is 4.61. The summed E-state index contributed by atoms with van der Waals surface area (Å²) in [4.78, 5) is 0. The highest BCUT2D eigenvalue weighted by Crippen LogP contribution is 2.30. The van der Waals surface area contributed by atoms with Gasteiger partial charge in [-0.2, -0.15) is 0 Å². The fourth-order valence-electron chi connectivity index (χ4n) is 3.00. The number of nitrogens with one attached hydrogen (secondary N) is 1. The first kappa shape index (κ1) is 16.3. The fourth-order valence-corrected chi connectivity index (χ4v) is 3.25. The van der Waals surface area contributed by atoms with E-state index in [1.165, 1.54) is 31.7 Å². The molecule has 2 aromatic rings. The van der Waals surface area contributed by atoms with Gasteiger partial charge in [0.2, 0.25) is 0 Å². The van der Waals surface area contributed by atoms with Gasteiger partial charge in [0.15, 0.2) is 0 Å². The van der Waals surface area contributed by atoms with Crippen LogP contribution in [0.5, 0.6) is 5.75 Å². The number of hydrogen-bond acceptors (Lipinski definition) is 2.